The van der Waals surface area contributed by atoms with E-state index in [0.717, 1.165) is 41.8 Å². The van der Waals surface area contributed by atoms with Crippen molar-refractivity contribution >= 4 is 21.7 Å². The molecule has 3 heteroatoms. The van der Waals surface area contributed by atoms with Gasteiger partial charge in [0.15, 0.2) is 0 Å². The molecule has 0 atom stereocenters. The van der Waals surface area contributed by atoms with E-state index in [-0.39, 0.29) is 0 Å². The van der Waals surface area contributed by atoms with Gasteiger partial charge >= 0.3 is 0 Å². The first-order chi connectivity index (χ1) is 15.8. The van der Waals surface area contributed by atoms with Crippen molar-refractivity contribution < 1.29 is 4.74 Å². The van der Waals surface area contributed by atoms with E-state index in [4.69, 9.17) is 10.5 Å². The standard InChI is InChI=1S/C29H28N2O/c1-32-28-19-22-12-6-5-11-21(22)18-26(28)29-24(13-7-8-16-30)25-17-23(14-15-27(25)31-29)20-9-3-2-4-10-20/h2-6,9-12,14-15,17-19,31H,7-8,13,16,30H2,1H3. The van der Waals surface area contributed by atoms with E-state index in [1.807, 2.05) is 0 Å². The molecule has 5 rings (SSSR count). The molecule has 0 aliphatic carbocycles. The van der Waals surface area contributed by atoms with Gasteiger partial charge in [0.05, 0.1) is 12.8 Å². The molecule has 32 heavy (non-hydrogen) atoms. The number of fused-ring (bicyclic) bond motifs is 2. The van der Waals surface area contributed by atoms with Crippen LogP contribution in [0.1, 0.15) is 18.4 Å². The molecule has 0 aliphatic rings. The molecule has 0 saturated heterocycles. The SMILES string of the molecule is COc1cc2ccccc2cc1-c1[nH]c2ccc(-c3ccccc3)cc2c1CCCCN. The molecule has 0 spiro atoms. The van der Waals surface area contributed by atoms with Gasteiger partial charge < -0.3 is 15.5 Å². The quantitative estimate of drug-likeness (QED) is 0.280. The van der Waals surface area contributed by atoms with Crippen molar-refractivity contribution in [3.8, 4) is 28.1 Å². The Morgan fingerprint density at radius 1 is 0.781 bits per heavy atom. The molecule has 1 heterocycles. The summed E-state index contributed by atoms with van der Waals surface area (Å²) in [6.07, 6.45) is 3.04. The fraction of sp³-hybridized carbons (Fsp3) is 0.172. The number of hydrogen-bond acceptors (Lipinski definition) is 2. The Morgan fingerprint density at radius 3 is 2.28 bits per heavy atom. The number of unbranched alkanes of at least 4 members (excludes halogenated alkanes) is 1. The number of rotatable bonds is 7. The van der Waals surface area contributed by atoms with Crippen LogP contribution in [0.2, 0.25) is 0 Å². The number of aromatic nitrogens is 1. The number of nitrogens with one attached hydrogen (secondary N) is 1. The lowest BCUT2D eigenvalue weighted by molar-refractivity contribution is 0.417. The van der Waals surface area contributed by atoms with Crippen molar-refractivity contribution in [1.82, 2.24) is 4.98 Å². The maximum absolute atomic E-state index is 5.84. The Hall–Kier alpha value is -3.56. The maximum atomic E-state index is 5.84. The van der Waals surface area contributed by atoms with E-state index in [9.17, 15) is 0 Å². The molecule has 160 valence electrons. The van der Waals surface area contributed by atoms with Gasteiger partial charge in [0, 0.05) is 16.5 Å². The summed E-state index contributed by atoms with van der Waals surface area (Å²) in [7, 11) is 1.75. The zero-order valence-electron chi connectivity index (χ0n) is 18.4. The van der Waals surface area contributed by atoms with Crippen LogP contribution in [0.3, 0.4) is 0 Å². The summed E-state index contributed by atoms with van der Waals surface area (Å²) in [4.78, 5) is 3.71. The zero-order chi connectivity index (χ0) is 21.9. The van der Waals surface area contributed by atoms with Gasteiger partial charge in [-0.3, -0.25) is 0 Å². The van der Waals surface area contributed by atoms with Crippen molar-refractivity contribution in [2.75, 3.05) is 13.7 Å². The number of H-pyrrole nitrogens is 1. The molecule has 0 fully saturated rings. The van der Waals surface area contributed by atoms with Gasteiger partial charge in [0.2, 0.25) is 0 Å². The van der Waals surface area contributed by atoms with E-state index >= 15 is 0 Å². The van der Waals surface area contributed by atoms with E-state index in [0.29, 0.717) is 6.54 Å². The number of hydrogen-bond donors (Lipinski definition) is 2. The highest BCUT2D eigenvalue weighted by Gasteiger charge is 2.18. The van der Waals surface area contributed by atoms with Crippen LogP contribution in [0.4, 0.5) is 0 Å². The number of methoxy groups -OCH3 is 1. The molecular formula is C29H28N2O. The summed E-state index contributed by atoms with van der Waals surface area (Å²) in [5.41, 5.74) is 13.0. The van der Waals surface area contributed by atoms with E-state index in [1.165, 1.54) is 32.8 Å². The minimum atomic E-state index is 0.715. The summed E-state index contributed by atoms with van der Waals surface area (Å²) in [6, 6.07) is 30.1. The first-order valence-corrected chi connectivity index (χ1v) is 11.3. The summed E-state index contributed by atoms with van der Waals surface area (Å²) in [5.74, 6) is 0.888. The van der Waals surface area contributed by atoms with Gasteiger partial charge in [-0.05, 0) is 77.5 Å². The average molecular weight is 421 g/mol. The summed E-state index contributed by atoms with van der Waals surface area (Å²) in [5, 5.41) is 3.66. The van der Waals surface area contributed by atoms with Crippen LogP contribution in [0.5, 0.6) is 5.75 Å². The fourth-order valence-corrected chi connectivity index (χ4v) is 4.58. The molecule has 0 unspecified atom stereocenters. The Kier molecular flexibility index (Phi) is 5.66. The van der Waals surface area contributed by atoms with Crippen LogP contribution in [-0.4, -0.2) is 18.6 Å². The highest BCUT2D eigenvalue weighted by molar-refractivity contribution is 5.97. The van der Waals surface area contributed by atoms with Crippen LogP contribution in [0.15, 0.2) is 84.9 Å². The fourth-order valence-electron chi connectivity index (χ4n) is 4.58. The normalized spacial score (nSPS) is 11.3. The largest absolute Gasteiger partial charge is 0.496 e. The lowest BCUT2D eigenvalue weighted by Gasteiger charge is -2.12. The van der Waals surface area contributed by atoms with E-state index < -0.39 is 0 Å². The van der Waals surface area contributed by atoms with Crippen molar-refractivity contribution in [3.05, 3.63) is 90.5 Å². The molecule has 1 aromatic heterocycles. The molecule has 4 aromatic carbocycles. The lowest BCUT2D eigenvalue weighted by atomic mass is 9.96. The van der Waals surface area contributed by atoms with Crippen LogP contribution < -0.4 is 10.5 Å². The minimum Gasteiger partial charge on any atom is -0.496 e. The Bertz CT molecular complexity index is 1370. The van der Waals surface area contributed by atoms with Gasteiger partial charge in [0.1, 0.15) is 5.75 Å². The molecule has 0 radical (unpaired) electrons. The Labute approximate surface area is 188 Å². The second-order valence-corrected chi connectivity index (χ2v) is 8.25. The topological polar surface area (TPSA) is 51.0 Å². The maximum Gasteiger partial charge on any atom is 0.128 e. The van der Waals surface area contributed by atoms with Crippen LogP contribution in [0, 0.1) is 0 Å². The summed E-state index contributed by atoms with van der Waals surface area (Å²) in [6.45, 7) is 0.715. The second kappa shape index (κ2) is 8.89. The van der Waals surface area contributed by atoms with Crippen LogP contribution in [0.25, 0.3) is 44.1 Å². The van der Waals surface area contributed by atoms with E-state index in [2.05, 4.69) is 89.9 Å². The molecule has 0 saturated carbocycles. The van der Waals surface area contributed by atoms with Gasteiger partial charge in [-0.1, -0.05) is 60.7 Å². The highest BCUT2D eigenvalue weighted by atomic mass is 16.5. The second-order valence-electron chi connectivity index (χ2n) is 8.25. The van der Waals surface area contributed by atoms with Crippen molar-refractivity contribution in [2.45, 2.75) is 19.3 Å². The highest BCUT2D eigenvalue weighted by Crippen LogP contribution is 2.40. The van der Waals surface area contributed by atoms with Gasteiger partial charge in [-0.2, -0.15) is 0 Å². The third kappa shape index (κ3) is 3.76. The van der Waals surface area contributed by atoms with Gasteiger partial charge in [0.25, 0.3) is 0 Å². The van der Waals surface area contributed by atoms with Crippen molar-refractivity contribution in [1.29, 1.82) is 0 Å². The smallest absolute Gasteiger partial charge is 0.128 e. The minimum absolute atomic E-state index is 0.715. The average Bonchev–Trinajstić information content (AvgIpc) is 3.21. The molecule has 3 nitrogen and oxygen atoms in total. The third-order valence-corrected chi connectivity index (χ3v) is 6.23. The molecule has 3 N–H and O–H groups in total. The first kappa shape index (κ1) is 20.3. The van der Waals surface area contributed by atoms with Crippen molar-refractivity contribution in [2.24, 2.45) is 5.73 Å². The van der Waals surface area contributed by atoms with Gasteiger partial charge in [-0.25, -0.2) is 0 Å². The monoisotopic (exact) mass is 420 g/mol. The predicted molar refractivity (Wildman–Crippen MR) is 135 cm³/mol. The molecule has 5 aromatic rings. The summed E-state index contributed by atoms with van der Waals surface area (Å²) >= 11 is 0. The molecule has 0 bridgehead atoms. The number of benzene rings is 4. The first-order valence-electron chi connectivity index (χ1n) is 11.3. The molecule has 0 amide bonds. The Morgan fingerprint density at radius 2 is 1.53 bits per heavy atom. The third-order valence-electron chi connectivity index (χ3n) is 6.23. The number of aromatic amines is 1. The number of nitrogens with two attached hydrogens (primary N) is 1. The van der Waals surface area contributed by atoms with Gasteiger partial charge in [-0.15, -0.1) is 0 Å². The molecule has 0 aliphatic heterocycles. The zero-order valence-corrected chi connectivity index (χ0v) is 18.4. The van der Waals surface area contributed by atoms with Crippen LogP contribution in [-0.2, 0) is 6.42 Å². The lowest BCUT2D eigenvalue weighted by Crippen LogP contribution is -1.99. The van der Waals surface area contributed by atoms with Crippen molar-refractivity contribution in [3.63, 3.8) is 0 Å². The van der Waals surface area contributed by atoms with Crippen LogP contribution >= 0.6 is 0 Å². The Balaban J connectivity index is 1.71. The number of aryl methyl sites for hydroxylation is 1. The number of ether oxygens (including phenoxy) is 1. The molecular weight excluding hydrogens is 392 g/mol. The predicted octanol–water partition coefficient (Wildman–Crippen LogP) is 6.95. The van der Waals surface area contributed by atoms with E-state index in [1.54, 1.807) is 7.11 Å². The summed E-state index contributed by atoms with van der Waals surface area (Å²) < 4.78 is 5.84.